The summed E-state index contributed by atoms with van der Waals surface area (Å²) < 4.78 is 12.5. The fraction of sp³-hybridized carbons (Fsp3) is 0.659. The largest absolute Gasteiger partial charge is 0.504 e. The second-order valence-corrected chi connectivity index (χ2v) is 18.9. The number of amides is 1. The number of nitrogens with one attached hydrogen (secondary N) is 1. The van der Waals surface area contributed by atoms with E-state index in [1.807, 2.05) is 29.2 Å². The molecule has 6 bridgehead atoms. The van der Waals surface area contributed by atoms with Crippen molar-refractivity contribution < 1.29 is 29.3 Å². The summed E-state index contributed by atoms with van der Waals surface area (Å²) in [5.74, 6) is 2.73. The molecular formula is C41H60N6O6S2. The summed E-state index contributed by atoms with van der Waals surface area (Å²) in [6, 6.07) is 7.69. The average molecular weight is 797 g/mol. The number of nitrogens with zero attached hydrogens (tertiary/aromatic N) is 3. The van der Waals surface area contributed by atoms with E-state index in [0.717, 1.165) is 74.7 Å². The molecule has 1 aromatic heterocycles. The number of carbonyl (C=O) groups excluding carboxylic acids is 2. The molecule has 2 saturated carbocycles. The zero-order valence-corrected chi connectivity index (χ0v) is 33.9. The number of phenols is 1. The molecule has 0 spiro atoms. The lowest BCUT2D eigenvalue weighted by molar-refractivity contribution is -0.168. The minimum absolute atomic E-state index is 0.0112. The quantitative estimate of drug-likeness (QED) is 0.169. The zero-order valence-electron chi connectivity index (χ0n) is 32.3. The molecule has 1 aromatic carbocycles. The van der Waals surface area contributed by atoms with Crippen LogP contribution in [-0.2, 0) is 33.7 Å². The molecule has 7 N–H and O–H groups in total. The zero-order chi connectivity index (χ0) is 38.8. The van der Waals surface area contributed by atoms with Crippen molar-refractivity contribution in [3.05, 3.63) is 47.2 Å². The Morgan fingerprint density at radius 1 is 1.05 bits per heavy atom. The predicted octanol–water partition coefficient (Wildman–Crippen LogP) is 6.26. The van der Waals surface area contributed by atoms with E-state index in [-0.39, 0.29) is 36.2 Å². The number of aliphatic imine (C=N–C) groups is 1. The first-order valence-corrected chi connectivity index (χ1v) is 22.6. The highest BCUT2D eigenvalue weighted by Crippen LogP contribution is 2.44. The number of guanidine groups is 1. The first kappa shape index (κ1) is 41.3. The maximum Gasteiger partial charge on any atom is 0.303 e. The number of aromatic hydroxyl groups is 1. The lowest BCUT2D eigenvalue weighted by Gasteiger charge is -2.42. The normalized spacial score (nSPS) is 28.0. The molecule has 2 aliphatic carbocycles. The number of benzene rings is 1. The number of phenolic OH excluding ortho intramolecular Hbond substituents is 1. The number of rotatable bonds is 5. The van der Waals surface area contributed by atoms with E-state index in [1.165, 1.54) is 6.92 Å². The second kappa shape index (κ2) is 19.2. The van der Waals surface area contributed by atoms with Crippen molar-refractivity contribution in [3.8, 4) is 11.5 Å². The Bertz CT molecular complexity index is 1660. The van der Waals surface area contributed by atoms with Crippen LogP contribution in [0.1, 0.15) is 114 Å². The number of hydrogen-bond donors (Lipinski definition) is 5. The van der Waals surface area contributed by atoms with Crippen molar-refractivity contribution in [3.63, 3.8) is 0 Å². The topological polar surface area (TPSA) is 186 Å². The summed E-state index contributed by atoms with van der Waals surface area (Å²) in [6.45, 7) is 2.70. The summed E-state index contributed by atoms with van der Waals surface area (Å²) in [5.41, 5.74) is 13.7. The van der Waals surface area contributed by atoms with Crippen molar-refractivity contribution >= 4 is 45.2 Å². The van der Waals surface area contributed by atoms with Crippen LogP contribution in [0.3, 0.4) is 0 Å². The molecule has 7 rings (SSSR count). The predicted molar refractivity (Wildman–Crippen MR) is 220 cm³/mol. The van der Waals surface area contributed by atoms with Gasteiger partial charge in [0.15, 0.2) is 17.5 Å². The van der Waals surface area contributed by atoms with Gasteiger partial charge in [-0.15, -0.1) is 0 Å². The van der Waals surface area contributed by atoms with Crippen molar-refractivity contribution in [2.75, 3.05) is 30.5 Å². The number of hydrogen-bond acceptors (Lipinski definition) is 13. The van der Waals surface area contributed by atoms with Crippen LogP contribution in [-0.4, -0.2) is 80.5 Å². The first-order chi connectivity index (χ1) is 26.5. The fourth-order valence-electron chi connectivity index (χ4n) is 9.14. The van der Waals surface area contributed by atoms with E-state index in [2.05, 4.69) is 15.3 Å². The molecule has 302 valence electrons. The average Bonchev–Trinajstić information content (AvgIpc) is 3.75. The molecule has 12 nitrogen and oxygen atoms in total. The number of anilines is 1. The van der Waals surface area contributed by atoms with Crippen LogP contribution in [0.25, 0.3) is 0 Å². The highest BCUT2D eigenvalue weighted by atomic mass is 33.1. The smallest absolute Gasteiger partial charge is 0.303 e. The van der Waals surface area contributed by atoms with E-state index in [9.17, 15) is 19.8 Å². The van der Waals surface area contributed by atoms with Crippen molar-refractivity contribution in [1.82, 2.24) is 15.2 Å². The number of pyridine rings is 1. The highest BCUT2D eigenvalue weighted by molar-refractivity contribution is 8.76. The molecule has 0 radical (unpaired) electrons. The van der Waals surface area contributed by atoms with Gasteiger partial charge in [-0.25, -0.2) is 9.98 Å². The maximum atomic E-state index is 13.9. The molecule has 4 unspecified atom stereocenters. The number of aryl methyl sites for hydroxylation is 1. The monoisotopic (exact) mass is 796 g/mol. The first-order valence-electron chi connectivity index (χ1n) is 20.2. The number of aromatic nitrogens is 1. The molecule has 3 fully saturated rings. The van der Waals surface area contributed by atoms with Crippen LogP contribution in [0.5, 0.6) is 11.5 Å². The van der Waals surface area contributed by atoms with Gasteiger partial charge in [0.25, 0.3) is 0 Å². The number of nitrogen functional groups attached to an aromatic ring is 1. The van der Waals surface area contributed by atoms with Gasteiger partial charge in [-0.2, -0.15) is 0 Å². The number of esters is 1. The Kier molecular flexibility index (Phi) is 14.4. The number of aliphatic hydroxyl groups excluding tert-OH is 1. The van der Waals surface area contributed by atoms with Gasteiger partial charge in [-0.3, -0.25) is 9.59 Å². The van der Waals surface area contributed by atoms with Gasteiger partial charge in [0.2, 0.25) is 5.91 Å². The highest BCUT2D eigenvalue weighted by Gasteiger charge is 2.44. The lowest BCUT2D eigenvalue weighted by atomic mass is 9.72. The number of fused-ring (bicyclic) bond motifs is 14. The SMILES string of the molecule is CC(=O)OC12CCc3cc(c(O)c(OC4CCCC4)c3)CN3CC(Cc4ccnc(N)c4)(CCNC(N)=NCSSCCCCCC(CC1)C(O)C2)CC3=O. The van der Waals surface area contributed by atoms with Gasteiger partial charge in [0.1, 0.15) is 11.4 Å². The molecule has 55 heavy (non-hydrogen) atoms. The fourth-order valence-corrected chi connectivity index (χ4v) is 10.9. The van der Waals surface area contributed by atoms with Crippen LogP contribution in [0.2, 0.25) is 0 Å². The number of carbonyl (C=O) groups is 2. The third kappa shape index (κ3) is 11.6. The molecule has 5 aliphatic rings. The Labute approximate surface area is 333 Å². The molecule has 3 aliphatic heterocycles. The Morgan fingerprint density at radius 3 is 2.65 bits per heavy atom. The van der Waals surface area contributed by atoms with E-state index in [4.69, 9.17) is 20.9 Å². The van der Waals surface area contributed by atoms with Crippen molar-refractivity contribution in [1.29, 1.82) is 0 Å². The van der Waals surface area contributed by atoms with E-state index < -0.39 is 17.1 Å². The lowest BCUT2D eigenvalue weighted by Crippen LogP contribution is -2.45. The van der Waals surface area contributed by atoms with Crippen LogP contribution in [0.15, 0.2) is 35.5 Å². The van der Waals surface area contributed by atoms with Crippen molar-refractivity contribution in [2.45, 2.75) is 134 Å². The summed E-state index contributed by atoms with van der Waals surface area (Å²) in [5, 5.41) is 26.4. The summed E-state index contributed by atoms with van der Waals surface area (Å²) >= 11 is 0. The van der Waals surface area contributed by atoms with Gasteiger partial charge >= 0.3 is 5.97 Å². The van der Waals surface area contributed by atoms with Gasteiger partial charge in [0.05, 0.1) is 18.1 Å². The van der Waals surface area contributed by atoms with Crippen LogP contribution >= 0.6 is 21.6 Å². The third-order valence-electron chi connectivity index (χ3n) is 12.0. The molecule has 4 heterocycles. The Morgan fingerprint density at radius 2 is 1.87 bits per heavy atom. The van der Waals surface area contributed by atoms with Gasteiger partial charge < -0.3 is 41.4 Å². The van der Waals surface area contributed by atoms with Crippen LogP contribution in [0, 0.1) is 11.3 Å². The summed E-state index contributed by atoms with van der Waals surface area (Å²) in [4.78, 5) is 36.9. The minimum atomic E-state index is -0.772. The molecule has 4 atom stereocenters. The summed E-state index contributed by atoms with van der Waals surface area (Å²) in [6.07, 6.45) is 14.1. The number of aliphatic hydroxyl groups is 1. The van der Waals surface area contributed by atoms with Crippen molar-refractivity contribution in [2.24, 2.45) is 22.1 Å². The molecular weight excluding hydrogens is 737 g/mol. The molecule has 1 amide bonds. The summed E-state index contributed by atoms with van der Waals surface area (Å²) in [7, 11) is 3.48. The standard InChI is InChI=1S/C41H60N6O6S2/c1-28(48)53-41-13-10-29-19-32(38(51)35(20-29)52-33-8-4-5-9-33)25-47-26-40(24-37(47)50,22-30-12-16-44-36(42)21-30)15-17-45-39(43)46-27-55-54-18-6-2-3-7-31(11-14-41)34(49)23-41/h12,16,19-21,31,33-34,49,51H,2-11,13-15,17-18,22-27H2,1H3,(H2,42,44)(H3,43,45,46). The molecule has 2 aromatic rings. The number of nitrogens with two attached hydrogens (primary N) is 2. The Hall–Kier alpha value is -3.36. The minimum Gasteiger partial charge on any atom is -0.504 e. The van der Waals surface area contributed by atoms with Gasteiger partial charge in [-0.05, 0) is 112 Å². The maximum absolute atomic E-state index is 13.9. The second-order valence-electron chi connectivity index (χ2n) is 16.3. The van der Waals surface area contributed by atoms with Crippen LogP contribution < -0.4 is 21.5 Å². The van der Waals surface area contributed by atoms with Crippen LogP contribution in [0.4, 0.5) is 5.82 Å². The van der Waals surface area contributed by atoms with E-state index in [0.29, 0.717) is 87.0 Å². The number of ether oxygens (including phenoxy) is 2. The van der Waals surface area contributed by atoms with E-state index in [1.54, 1.807) is 27.8 Å². The molecule has 1 saturated heterocycles. The molecule has 14 heteroatoms. The van der Waals surface area contributed by atoms with E-state index >= 15 is 0 Å². The third-order valence-corrected chi connectivity index (χ3v) is 14.1. The Balaban J connectivity index is 1.29. The van der Waals surface area contributed by atoms with Gasteiger partial charge in [0, 0.05) is 62.3 Å². The van der Waals surface area contributed by atoms with Gasteiger partial charge in [-0.1, -0.05) is 40.5 Å².